The van der Waals surface area contributed by atoms with Crippen LogP contribution in [0.4, 0.5) is 10.2 Å². The summed E-state index contributed by atoms with van der Waals surface area (Å²) >= 11 is 0. The van der Waals surface area contributed by atoms with Crippen molar-refractivity contribution in [2.45, 2.75) is 52.6 Å². The molecule has 2 rings (SSSR count). The zero-order chi connectivity index (χ0) is 14.8. The minimum absolute atomic E-state index is 0.0110. The molecule has 0 unspecified atom stereocenters. The van der Waals surface area contributed by atoms with Gasteiger partial charge in [0.2, 0.25) is 0 Å². The third-order valence-electron chi connectivity index (χ3n) is 3.58. The van der Waals surface area contributed by atoms with E-state index in [1.54, 1.807) is 6.07 Å². The van der Waals surface area contributed by atoms with E-state index < -0.39 is 0 Å². The first-order chi connectivity index (χ1) is 9.39. The molecule has 0 spiro atoms. The van der Waals surface area contributed by atoms with Crippen LogP contribution >= 0.6 is 0 Å². The Balaban J connectivity index is 2.16. The second kappa shape index (κ2) is 6.08. The molecule has 4 heteroatoms. The SMILES string of the molecule is CCN(CC1CC1)c1ncc(F)cc1CNC(C)(C)C. The summed E-state index contributed by atoms with van der Waals surface area (Å²) in [5, 5.41) is 3.42. The molecule has 1 N–H and O–H groups in total. The summed E-state index contributed by atoms with van der Waals surface area (Å²) < 4.78 is 13.5. The van der Waals surface area contributed by atoms with Gasteiger partial charge in [0.05, 0.1) is 6.20 Å². The number of hydrogen-bond acceptors (Lipinski definition) is 3. The molecule has 112 valence electrons. The van der Waals surface area contributed by atoms with E-state index >= 15 is 0 Å². The maximum Gasteiger partial charge on any atom is 0.141 e. The monoisotopic (exact) mass is 279 g/mol. The maximum atomic E-state index is 13.5. The molecule has 20 heavy (non-hydrogen) atoms. The van der Waals surface area contributed by atoms with Crippen molar-refractivity contribution < 1.29 is 4.39 Å². The highest BCUT2D eigenvalue weighted by Gasteiger charge is 2.25. The molecule has 0 atom stereocenters. The van der Waals surface area contributed by atoms with Crippen LogP contribution in [0.2, 0.25) is 0 Å². The van der Waals surface area contributed by atoms with Crippen molar-refractivity contribution in [2.75, 3.05) is 18.0 Å². The highest BCUT2D eigenvalue weighted by Crippen LogP contribution is 2.31. The standard InChI is InChI=1S/C16H26FN3/c1-5-20(11-12-6-7-12)15-13(8-14(17)10-18-15)9-19-16(2,3)4/h8,10,12,19H,5-7,9,11H2,1-4H3. The van der Waals surface area contributed by atoms with E-state index in [1.807, 2.05) is 0 Å². The van der Waals surface area contributed by atoms with E-state index in [4.69, 9.17) is 0 Å². The van der Waals surface area contributed by atoms with Gasteiger partial charge in [-0.3, -0.25) is 0 Å². The molecule has 1 aliphatic carbocycles. The van der Waals surface area contributed by atoms with Crippen molar-refractivity contribution in [3.63, 3.8) is 0 Å². The fourth-order valence-corrected chi connectivity index (χ4v) is 2.23. The lowest BCUT2D eigenvalue weighted by molar-refractivity contribution is 0.423. The molecule has 1 aromatic heterocycles. The number of aromatic nitrogens is 1. The predicted molar refractivity (Wildman–Crippen MR) is 81.4 cm³/mol. The predicted octanol–water partition coefficient (Wildman–Crippen LogP) is 3.35. The lowest BCUT2D eigenvalue weighted by Crippen LogP contribution is -2.36. The molecule has 0 aromatic carbocycles. The Morgan fingerprint density at radius 1 is 1.40 bits per heavy atom. The fourth-order valence-electron chi connectivity index (χ4n) is 2.23. The van der Waals surface area contributed by atoms with Crippen LogP contribution in [0.5, 0.6) is 0 Å². The molecule has 1 aromatic rings. The summed E-state index contributed by atoms with van der Waals surface area (Å²) in [6, 6.07) is 1.61. The van der Waals surface area contributed by atoms with Crippen LogP contribution in [0.3, 0.4) is 0 Å². The van der Waals surface area contributed by atoms with Gasteiger partial charge in [0.15, 0.2) is 0 Å². The Morgan fingerprint density at radius 2 is 2.10 bits per heavy atom. The first-order valence-corrected chi connectivity index (χ1v) is 7.53. The molecule has 0 bridgehead atoms. The van der Waals surface area contributed by atoms with E-state index in [0.29, 0.717) is 6.54 Å². The maximum absolute atomic E-state index is 13.5. The van der Waals surface area contributed by atoms with Gasteiger partial charge in [-0.05, 0) is 52.5 Å². The third kappa shape index (κ3) is 4.44. The number of halogens is 1. The van der Waals surface area contributed by atoms with Crippen LogP contribution in [-0.2, 0) is 6.54 Å². The van der Waals surface area contributed by atoms with Crippen LogP contribution in [0.15, 0.2) is 12.3 Å². The molecule has 0 saturated heterocycles. The second-order valence-corrected chi connectivity index (χ2v) is 6.72. The molecule has 0 aliphatic heterocycles. The first kappa shape index (κ1) is 15.2. The third-order valence-corrected chi connectivity index (χ3v) is 3.58. The van der Waals surface area contributed by atoms with Crippen molar-refractivity contribution in [3.05, 3.63) is 23.6 Å². The quantitative estimate of drug-likeness (QED) is 0.865. The number of hydrogen-bond donors (Lipinski definition) is 1. The summed E-state index contributed by atoms with van der Waals surface area (Å²) in [4.78, 5) is 6.62. The van der Waals surface area contributed by atoms with E-state index in [0.717, 1.165) is 30.4 Å². The molecule has 0 radical (unpaired) electrons. The van der Waals surface area contributed by atoms with Gasteiger partial charge in [-0.2, -0.15) is 0 Å². The molecule has 1 heterocycles. The Labute approximate surface area is 121 Å². The van der Waals surface area contributed by atoms with Gasteiger partial charge < -0.3 is 10.2 Å². The van der Waals surface area contributed by atoms with Crippen LogP contribution in [-0.4, -0.2) is 23.6 Å². The molecule has 3 nitrogen and oxygen atoms in total. The summed E-state index contributed by atoms with van der Waals surface area (Å²) in [7, 11) is 0. The summed E-state index contributed by atoms with van der Waals surface area (Å²) in [6.45, 7) is 11.1. The van der Waals surface area contributed by atoms with Crippen LogP contribution in [0, 0.1) is 11.7 Å². The van der Waals surface area contributed by atoms with Gasteiger partial charge in [0.25, 0.3) is 0 Å². The first-order valence-electron chi connectivity index (χ1n) is 7.53. The molecular formula is C16H26FN3. The molecule has 1 saturated carbocycles. The summed E-state index contributed by atoms with van der Waals surface area (Å²) in [5.74, 6) is 1.46. The van der Waals surface area contributed by atoms with Crippen molar-refractivity contribution in [1.82, 2.24) is 10.3 Å². The number of anilines is 1. The summed E-state index contributed by atoms with van der Waals surface area (Å²) in [5.41, 5.74) is 0.958. The zero-order valence-corrected chi connectivity index (χ0v) is 13.0. The van der Waals surface area contributed by atoms with Crippen molar-refractivity contribution in [2.24, 2.45) is 5.92 Å². The highest BCUT2D eigenvalue weighted by atomic mass is 19.1. The Kier molecular flexibility index (Phi) is 4.63. The number of nitrogens with one attached hydrogen (secondary N) is 1. The van der Waals surface area contributed by atoms with E-state index in [9.17, 15) is 4.39 Å². The lowest BCUT2D eigenvalue weighted by atomic mass is 10.1. The van der Waals surface area contributed by atoms with E-state index in [2.05, 4.69) is 42.9 Å². The largest absolute Gasteiger partial charge is 0.356 e. The topological polar surface area (TPSA) is 28.2 Å². The fraction of sp³-hybridized carbons (Fsp3) is 0.688. The minimum atomic E-state index is -0.262. The van der Waals surface area contributed by atoms with Crippen LogP contribution in [0.1, 0.15) is 46.1 Å². The van der Waals surface area contributed by atoms with Crippen LogP contribution in [0.25, 0.3) is 0 Å². The Bertz CT molecular complexity index is 450. The van der Waals surface area contributed by atoms with E-state index in [-0.39, 0.29) is 11.4 Å². The van der Waals surface area contributed by atoms with Crippen LogP contribution < -0.4 is 10.2 Å². The number of nitrogens with zero attached hydrogens (tertiary/aromatic N) is 2. The van der Waals surface area contributed by atoms with Gasteiger partial charge >= 0.3 is 0 Å². The van der Waals surface area contributed by atoms with Gasteiger partial charge in [-0.15, -0.1) is 0 Å². The number of rotatable bonds is 6. The van der Waals surface area contributed by atoms with Crippen molar-refractivity contribution in [1.29, 1.82) is 0 Å². The molecular weight excluding hydrogens is 253 g/mol. The van der Waals surface area contributed by atoms with E-state index in [1.165, 1.54) is 19.0 Å². The molecule has 1 aliphatic rings. The average molecular weight is 279 g/mol. The lowest BCUT2D eigenvalue weighted by Gasteiger charge is -2.26. The van der Waals surface area contributed by atoms with Crippen molar-refractivity contribution >= 4 is 5.82 Å². The normalized spacial score (nSPS) is 15.4. The van der Waals surface area contributed by atoms with Gasteiger partial charge in [0.1, 0.15) is 11.6 Å². The minimum Gasteiger partial charge on any atom is -0.356 e. The Hall–Kier alpha value is -1.16. The van der Waals surface area contributed by atoms with Gasteiger partial charge in [0, 0.05) is 30.7 Å². The zero-order valence-electron chi connectivity index (χ0n) is 13.0. The van der Waals surface area contributed by atoms with Gasteiger partial charge in [-0.1, -0.05) is 0 Å². The highest BCUT2D eigenvalue weighted by molar-refractivity contribution is 5.47. The molecule has 0 amide bonds. The second-order valence-electron chi connectivity index (χ2n) is 6.72. The number of pyridine rings is 1. The smallest absolute Gasteiger partial charge is 0.141 e. The molecule has 1 fully saturated rings. The average Bonchev–Trinajstić information content (AvgIpc) is 3.17. The van der Waals surface area contributed by atoms with Gasteiger partial charge in [-0.25, -0.2) is 9.37 Å². The summed E-state index contributed by atoms with van der Waals surface area (Å²) in [6.07, 6.45) is 3.95. The van der Waals surface area contributed by atoms with Crippen molar-refractivity contribution in [3.8, 4) is 0 Å². The Morgan fingerprint density at radius 3 is 2.65 bits per heavy atom.